The Balaban J connectivity index is 0.00000272. The maximum absolute atomic E-state index is 14.3. The highest BCUT2D eigenvalue weighted by atomic mass is 35.5. The third-order valence-electron chi connectivity index (χ3n) is 4.81. The number of hydrogen-bond donors (Lipinski definition) is 3. The predicted octanol–water partition coefficient (Wildman–Crippen LogP) is 3.79. The molecule has 2 aromatic carbocycles. The molecule has 0 spiro atoms. The van der Waals surface area contributed by atoms with Crippen LogP contribution in [0.25, 0.3) is 10.9 Å². The van der Waals surface area contributed by atoms with E-state index in [0.29, 0.717) is 41.2 Å². The lowest BCUT2D eigenvalue weighted by atomic mass is 10.1. The fourth-order valence-electron chi connectivity index (χ4n) is 3.30. The van der Waals surface area contributed by atoms with Crippen molar-refractivity contribution < 1.29 is 23.8 Å². The average Bonchev–Trinajstić information content (AvgIpc) is 3.20. The Morgan fingerprint density at radius 1 is 1.32 bits per heavy atom. The van der Waals surface area contributed by atoms with Gasteiger partial charge in [-0.2, -0.15) is 0 Å². The van der Waals surface area contributed by atoms with Crippen LogP contribution in [-0.2, 0) is 4.79 Å². The molecular weight excluding hydrogens is 450 g/mol. The van der Waals surface area contributed by atoms with Crippen molar-refractivity contribution in [2.45, 2.75) is 18.6 Å². The summed E-state index contributed by atoms with van der Waals surface area (Å²) in [5.74, 6) is -0.295. The van der Waals surface area contributed by atoms with E-state index in [1.165, 1.54) is 19.5 Å². The van der Waals surface area contributed by atoms with Crippen LogP contribution < -0.4 is 20.1 Å². The average molecular weight is 469 g/mol. The molecule has 1 aliphatic heterocycles. The summed E-state index contributed by atoms with van der Waals surface area (Å²) in [6.45, 7) is 0.391. The largest absolute Gasteiger partial charge is 0.493 e. The molecule has 164 valence electrons. The molecule has 11 heteroatoms. The Kier molecular flexibility index (Phi) is 6.99. The summed E-state index contributed by atoms with van der Waals surface area (Å²) in [6, 6.07) is 7.34. The minimum atomic E-state index is -0.921. The number of aromatic nitrogens is 2. The van der Waals surface area contributed by atoms with Crippen LogP contribution in [0.15, 0.2) is 36.7 Å². The molecule has 0 unspecified atom stereocenters. The maximum atomic E-state index is 14.3. The molecule has 0 bridgehead atoms. The zero-order valence-corrected chi connectivity index (χ0v) is 17.8. The zero-order chi connectivity index (χ0) is 21.3. The summed E-state index contributed by atoms with van der Waals surface area (Å²) >= 11 is 5.86. The number of carbonyl (C=O) groups is 1. The van der Waals surface area contributed by atoms with Gasteiger partial charge in [0.15, 0.2) is 17.3 Å². The summed E-state index contributed by atoms with van der Waals surface area (Å²) in [7, 11) is 1.50. The number of methoxy groups -OCH3 is 1. The molecule has 4 rings (SSSR count). The first-order valence-corrected chi connectivity index (χ1v) is 9.50. The van der Waals surface area contributed by atoms with Crippen LogP contribution in [0.3, 0.4) is 0 Å². The van der Waals surface area contributed by atoms with Gasteiger partial charge in [0.05, 0.1) is 23.3 Å². The Hall–Kier alpha value is -2.88. The minimum absolute atomic E-state index is 0. The molecule has 0 saturated carbocycles. The van der Waals surface area contributed by atoms with Gasteiger partial charge in [-0.15, -0.1) is 12.4 Å². The highest BCUT2D eigenvalue weighted by Gasteiger charge is 2.31. The number of halogens is 3. The van der Waals surface area contributed by atoms with Gasteiger partial charge in [-0.3, -0.25) is 4.79 Å². The van der Waals surface area contributed by atoms with Gasteiger partial charge in [0.25, 0.3) is 0 Å². The van der Waals surface area contributed by atoms with E-state index in [4.69, 9.17) is 26.2 Å². The smallest absolute Gasteiger partial charge is 0.320 e. The number of fused-ring (bicyclic) bond motifs is 1. The molecule has 1 aromatic heterocycles. The minimum Gasteiger partial charge on any atom is -0.493 e. The Bertz CT molecular complexity index is 1120. The second-order valence-corrected chi connectivity index (χ2v) is 7.15. The van der Waals surface area contributed by atoms with Crippen molar-refractivity contribution in [3.05, 3.63) is 47.5 Å². The molecule has 3 N–H and O–H groups in total. The molecule has 1 fully saturated rings. The quantitative estimate of drug-likeness (QED) is 0.501. The SMILES string of the molecule is COc1cc2ncnc(Nc3cccc(Cl)c3F)c2cc1O[C@H]1CN[C@H](C(=O)O)C1.Cl. The van der Waals surface area contributed by atoms with E-state index < -0.39 is 17.8 Å². The van der Waals surface area contributed by atoms with Gasteiger partial charge in [-0.05, 0) is 18.2 Å². The van der Waals surface area contributed by atoms with Crippen LogP contribution in [0.2, 0.25) is 5.02 Å². The number of ether oxygens (including phenoxy) is 2. The van der Waals surface area contributed by atoms with Crippen molar-refractivity contribution in [3.63, 3.8) is 0 Å². The van der Waals surface area contributed by atoms with E-state index in [1.807, 2.05) is 0 Å². The second kappa shape index (κ2) is 9.51. The van der Waals surface area contributed by atoms with Crippen LogP contribution in [0.4, 0.5) is 15.9 Å². The Morgan fingerprint density at radius 2 is 2.13 bits per heavy atom. The van der Waals surface area contributed by atoms with Gasteiger partial charge in [0, 0.05) is 24.4 Å². The monoisotopic (exact) mass is 468 g/mol. The number of carboxylic acid groups (broad SMARTS) is 1. The van der Waals surface area contributed by atoms with Crippen LogP contribution >= 0.6 is 24.0 Å². The van der Waals surface area contributed by atoms with Crippen molar-refractivity contribution in [1.82, 2.24) is 15.3 Å². The van der Waals surface area contributed by atoms with Crippen LogP contribution in [0.1, 0.15) is 6.42 Å². The molecule has 8 nitrogen and oxygen atoms in total. The fourth-order valence-corrected chi connectivity index (χ4v) is 3.48. The van der Waals surface area contributed by atoms with Crippen molar-refractivity contribution in [2.24, 2.45) is 0 Å². The standard InChI is InChI=1S/C20H18ClFN4O4.ClH/c1-29-16-7-14-11(6-17(16)30-10-5-15(20(27)28)23-8-10)19(25-9-24-14)26-13-4-2-3-12(21)18(13)22;/h2-4,6-7,9-10,15,23H,5,8H2,1H3,(H,27,28)(H,24,25,26);1H/t10-,15+;/m1./s1. The fraction of sp³-hybridized carbons (Fsp3) is 0.250. The third kappa shape index (κ3) is 4.73. The van der Waals surface area contributed by atoms with Gasteiger partial charge in [0.2, 0.25) is 0 Å². The highest BCUT2D eigenvalue weighted by molar-refractivity contribution is 6.31. The van der Waals surface area contributed by atoms with Crippen molar-refractivity contribution >= 4 is 52.4 Å². The number of nitrogens with one attached hydrogen (secondary N) is 2. The molecule has 0 amide bonds. The number of carboxylic acids is 1. The molecule has 0 aliphatic carbocycles. The van der Waals surface area contributed by atoms with E-state index in [1.54, 1.807) is 24.3 Å². The van der Waals surface area contributed by atoms with Crippen LogP contribution in [0.5, 0.6) is 11.5 Å². The number of rotatable bonds is 6. The summed E-state index contributed by atoms with van der Waals surface area (Å²) in [6.07, 6.45) is 1.33. The first-order chi connectivity index (χ1) is 14.5. The third-order valence-corrected chi connectivity index (χ3v) is 5.10. The van der Waals surface area contributed by atoms with Crippen LogP contribution in [-0.4, -0.2) is 46.8 Å². The van der Waals surface area contributed by atoms with Crippen molar-refractivity contribution in [3.8, 4) is 11.5 Å². The predicted molar refractivity (Wildman–Crippen MR) is 116 cm³/mol. The lowest BCUT2D eigenvalue weighted by Crippen LogP contribution is -2.30. The van der Waals surface area contributed by atoms with Crippen LogP contribution in [0, 0.1) is 5.82 Å². The van der Waals surface area contributed by atoms with E-state index >= 15 is 0 Å². The summed E-state index contributed by atoms with van der Waals surface area (Å²) < 4.78 is 25.7. The Labute approximate surface area is 188 Å². The van der Waals surface area contributed by atoms with Gasteiger partial charge in [-0.1, -0.05) is 17.7 Å². The first kappa shape index (κ1) is 22.8. The molecule has 2 atom stereocenters. The number of aliphatic carboxylic acids is 1. The molecular formula is C20H19Cl2FN4O4. The molecule has 1 aliphatic rings. The second-order valence-electron chi connectivity index (χ2n) is 6.74. The molecule has 3 aromatic rings. The summed E-state index contributed by atoms with van der Waals surface area (Å²) in [4.78, 5) is 19.6. The van der Waals surface area contributed by atoms with E-state index in [-0.39, 0.29) is 29.2 Å². The molecule has 31 heavy (non-hydrogen) atoms. The first-order valence-electron chi connectivity index (χ1n) is 9.13. The topological polar surface area (TPSA) is 106 Å². The number of anilines is 2. The Morgan fingerprint density at radius 3 is 2.84 bits per heavy atom. The van der Waals surface area contributed by atoms with E-state index in [2.05, 4.69) is 20.6 Å². The summed E-state index contributed by atoms with van der Waals surface area (Å²) in [5, 5.41) is 15.6. The number of hydrogen-bond acceptors (Lipinski definition) is 7. The maximum Gasteiger partial charge on any atom is 0.320 e. The van der Waals surface area contributed by atoms with Crippen molar-refractivity contribution in [2.75, 3.05) is 19.0 Å². The van der Waals surface area contributed by atoms with Crippen molar-refractivity contribution in [1.29, 1.82) is 0 Å². The summed E-state index contributed by atoms with van der Waals surface area (Å²) in [5.41, 5.74) is 0.733. The number of benzene rings is 2. The number of nitrogens with zero attached hydrogens (tertiary/aromatic N) is 2. The van der Waals surface area contributed by atoms with E-state index in [9.17, 15) is 9.18 Å². The highest BCUT2D eigenvalue weighted by Crippen LogP contribution is 2.36. The zero-order valence-electron chi connectivity index (χ0n) is 16.3. The molecule has 1 saturated heterocycles. The lowest BCUT2D eigenvalue weighted by Gasteiger charge is -2.17. The lowest BCUT2D eigenvalue weighted by molar-refractivity contribution is -0.139. The van der Waals surface area contributed by atoms with Gasteiger partial charge < -0.3 is 25.2 Å². The van der Waals surface area contributed by atoms with Gasteiger partial charge in [0.1, 0.15) is 24.3 Å². The van der Waals surface area contributed by atoms with Gasteiger partial charge in [-0.25, -0.2) is 14.4 Å². The molecule has 2 heterocycles. The van der Waals surface area contributed by atoms with E-state index in [0.717, 1.165) is 0 Å². The normalized spacial score (nSPS) is 17.8. The van der Waals surface area contributed by atoms with Gasteiger partial charge >= 0.3 is 5.97 Å². The molecule has 0 radical (unpaired) electrons.